The number of benzene rings is 2. The van der Waals surface area contributed by atoms with E-state index < -0.39 is 25.1 Å². The average Bonchev–Trinajstić information content (AvgIpc) is 3.20. The van der Waals surface area contributed by atoms with Crippen LogP contribution in [0.2, 0.25) is 5.02 Å². The Morgan fingerprint density at radius 1 is 1.11 bits per heavy atom. The van der Waals surface area contributed by atoms with Crippen LogP contribution in [-0.2, 0) is 26.3 Å². The van der Waals surface area contributed by atoms with Crippen LogP contribution in [0.25, 0.3) is 0 Å². The molecule has 0 amide bonds. The molecule has 0 bridgehead atoms. The Balaban J connectivity index is 1.90. The van der Waals surface area contributed by atoms with Crippen molar-refractivity contribution in [3.8, 4) is 5.75 Å². The van der Waals surface area contributed by atoms with Crippen LogP contribution in [0.4, 0.5) is 0 Å². The Hall–Kier alpha value is -1.61. The summed E-state index contributed by atoms with van der Waals surface area (Å²) in [7, 11) is -6.11. The maximum absolute atomic E-state index is 13.2. The zero-order valence-corrected chi connectivity index (χ0v) is 18.0. The lowest BCUT2D eigenvalue weighted by Crippen LogP contribution is -2.32. The van der Waals surface area contributed by atoms with Gasteiger partial charge in [0.25, 0.3) is 0 Å². The summed E-state index contributed by atoms with van der Waals surface area (Å²) in [5.74, 6) is 0.251. The van der Waals surface area contributed by atoms with Gasteiger partial charge >= 0.3 is 0 Å². The monoisotopic (exact) mass is 443 g/mol. The molecule has 1 heterocycles. The first-order chi connectivity index (χ1) is 13.2. The number of sulfone groups is 1. The minimum absolute atomic E-state index is 0.0684. The van der Waals surface area contributed by atoms with Crippen molar-refractivity contribution in [1.82, 2.24) is 4.31 Å². The quantitative estimate of drug-likeness (QED) is 0.685. The summed E-state index contributed by atoms with van der Waals surface area (Å²) in [6, 6.07) is 11.0. The van der Waals surface area contributed by atoms with Crippen LogP contribution in [0, 0.1) is 0 Å². The molecule has 2 aromatic rings. The fourth-order valence-corrected chi connectivity index (χ4v) is 6.89. The first kappa shape index (κ1) is 21.1. The van der Waals surface area contributed by atoms with E-state index in [1.54, 1.807) is 12.1 Å². The van der Waals surface area contributed by atoms with E-state index in [4.69, 9.17) is 16.3 Å². The van der Waals surface area contributed by atoms with Crippen molar-refractivity contribution in [2.24, 2.45) is 0 Å². The van der Waals surface area contributed by atoms with Gasteiger partial charge in [-0.25, -0.2) is 16.8 Å². The van der Waals surface area contributed by atoms with Crippen molar-refractivity contribution in [3.63, 3.8) is 0 Å². The van der Waals surface area contributed by atoms with Crippen molar-refractivity contribution in [1.29, 1.82) is 0 Å². The number of nitrogens with zero attached hydrogens (tertiary/aromatic N) is 1. The first-order valence-corrected chi connectivity index (χ1v) is 12.2. The molecule has 1 aliphatic rings. The van der Waals surface area contributed by atoms with Crippen molar-refractivity contribution in [2.75, 3.05) is 20.2 Å². The van der Waals surface area contributed by atoms with Gasteiger partial charge in [0, 0.05) is 18.1 Å². The summed E-state index contributed by atoms with van der Waals surface area (Å²) in [6.45, 7) is 1.98. The number of hydrogen-bond acceptors (Lipinski definition) is 5. The van der Waals surface area contributed by atoms with Crippen LogP contribution in [0.5, 0.6) is 5.75 Å². The van der Waals surface area contributed by atoms with Crippen LogP contribution in [0.3, 0.4) is 0 Å². The summed E-state index contributed by atoms with van der Waals surface area (Å²) in [6.07, 6.45) is 0.917. The van der Waals surface area contributed by atoms with Crippen LogP contribution in [0.1, 0.15) is 18.9 Å². The van der Waals surface area contributed by atoms with E-state index in [1.807, 2.05) is 13.0 Å². The molecule has 1 fully saturated rings. The second-order valence-corrected chi connectivity index (χ2v) is 11.2. The third-order valence-electron chi connectivity index (χ3n) is 4.94. The molecule has 0 aromatic heterocycles. The van der Waals surface area contributed by atoms with E-state index in [2.05, 4.69) is 0 Å². The van der Waals surface area contributed by atoms with Gasteiger partial charge in [0.15, 0.2) is 9.84 Å². The molecule has 6 nitrogen and oxygen atoms in total. The Morgan fingerprint density at radius 2 is 1.79 bits per heavy atom. The van der Waals surface area contributed by atoms with Gasteiger partial charge in [-0.05, 0) is 54.8 Å². The smallest absolute Gasteiger partial charge is 0.246 e. The zero-order chi connectivity index (χ0) is 20.5. The molecule has 0 N–H and O–H groups in total. The highest BCUT2D eigenvalue weighted by atomic mass is 35.5. The fourth-order valence-electron chi connectivity index (χ4n) is 3.27. The maximum Gasteiger partial charge on any atom is 0.246 e. The first-order valence-electron chi connectivity index (χ1n) is 8.86. The van der Waals surface area contributed by atoms with E-state index >= 15 is 0 Å². The molecular weight excluding hydrogens is 422 g/mol. The Labute approximate surface area is 171 Å². The highest BCUT2D eigenvalue weighted by Gasteiger charge is 2.40. The van der Waals surface area contributed by atoms with E-state index in [0.717, 1.165) is 5.56 Å². The van der Waals surface area contributed by atoms with Gasteiger partial charge in [-0.15, -0.1) is 0 Å². The van der Waals surface area contributed by atoms with Crippen LogP contribution in [0.15, 0.2) is 52.3 Å². The lowest BCUT2D eigenvalue weighted by Gasteiger charge is -2.19. The molecule has 28 heavy (non-hydrogen) atoms. The molecule has 0 saturated carbocycles. The standard InChI is InChI=1S/C19H22ClNO5S2/c1-3-14-4-9-18(26-2)19(12-14)28(24,25)21-11-10-17(13-21)27(22,23)16-7-5-15(20)6-8-16/h4-9,12,17H,3,10-11,13H2,1-2H3. The Kier molecular flexibility index (Phi) is 6.05. The molecule has 0 spiro atoms. The normalized spacial score (nSPS) is 18.3. The van der Waals surface area contributed by atoms with Crippen molar-refractivity contribution in [3.05, 3.63) is 53.1 Å². The molecule has 2 aromatic carbocycles. The number of ether oxygens (including phenoxy) is 1. The highest BCUT2D eigenvalue weighted by Crippen LogP contribution is 2.32. The third kappa shape index (κ3) is 3.91. The largest absolute Gasteiger partial charge is 0.495 e. The summed E-state index contributed by atoms with van der Waals surface area (Å²) >= 11 is 5.83. The number of halogens is 1. The van der Waals surface area contributed by atoms with E-state index in [9.17, 15) is 16.8 Å². The number of aryl methyl sites for hydroxylation is 1. The molecular formula is C19H22ClNO5S2. The molecule has 1 atom stereocenters. The third-order valence-corrected chi connectivity index (χ3v) is 9.27. The highest BCUT2D eigenvalue weighted by molar-refractivity contribution is 7.92. The van der Waals surface area contributed by atoms with Crippen LogP contribution >= 0.6 is 11.6 Å². The number of methoxy groups -OCH3 is 1. The van der Waals surface area contributed by atoms with Gasteiger partial charge in [-0.3, -0.25) is 0 Å². The zero-order valence-electron chi connectivity index (χ0n) is 15.6. The number of rotatable bonds is 6. The van der Waals surface area contributed by atoms with Gasteiger partial charge in [0.05, 0.1) is 17.3 Å². The summed E-state index contributed by atoms with van der Waals surface area (Å²) in [5.41, 5.74) is 0.865. The average molecular weight is 444 g/mol. The summed E-state index contributed by atoms with van der Waals surface area (Å²) in [5, 5.41) is -0.360. The van der Waals surface area contributed by atoms with E-state index in [0.29, 0.717) is 11.4 Å². The summed E-state index contributed by atoms with van der Waals surface area (Å²) in [4.78, 5) is 0.214. The van der Waals surface area contributed by atoms with E-state index in [-0.39, 0.29) is 35.1 Å². The van der Waals surface area contributed by atoms with Crippen LogP contribution < -0.4 is 4.74 Å². The Bertz CT molecular complexity index is 1070. The molecule has 1 aliphatic heterocycles. The molecule has 3 rings (SSSR count). The number of sulfonamides is 1. The van der Waals surface area contributed by atoms with Crippen LogP contribution in [-0.4, -0.2) is 46.6 Å². The number of hydrogen-bond donors (Lipinski definition) is 0. The second-order valence-electron chi connectivity index (χ2n) is 6.61. The molecule has 9 heteroatoms. The predicted octanol–water partition coefficient (Wildman–Crippen LogP) is 3.15. The maximum atomic E-state index is 13.2. The van der Waals surface area contributed by atoms with Crippen molar-refractivity contribution < 1.29 is 21.6 Å². The summed E-state index contributed by atoms with van der Waals surface area (Å²) < 4.78 is 58.6. The minimum Gasteiger partial charge on any atom is -0.495 e. The molecule has 0 radical (unpaired) electrons. The molecule has 0 aliphatic carbocycles. The van der Waals surface area contributed by atoms with Gasteiger partial charge < -0.3 is 4.74 Å². The SMILES string of the molecule is CCc1ccc(OC)c(S(=O)(=O)N2CCC(S(=O)(=O)c3ccc(Cl)cc3)C2)c1. The molecule has 1 saturated heterocycles. The van der Waals surface area contributed by atoms with Gasteiger partial charge in [-0.2, -0.15) is 4.31 Å². The van der Waals surface area contributed by atoms with Gasteiger partial charge in [-0.1, -0.05) is 24.6 Å². The Morgan fingerprint density at radius 3 is 2.39 bits per heavy atom. The fraction of sp³-hybridized carbons (Fsp3) is 0.368. The predicted molar refractivity (Wildman–Crippen MR) is 108 cm³/mol. The lowest BCUT2D eigenvalue weighted by molar-refractivity contribution is 0.398. The van der Waals surface area contributed by atoms with Gasteiger partial charge in [0.2, 0.25) is 10.0 Å². The second kappa shape index (κ2) is 8.02. The topological polar surface area (TPSA) is 80.8 Å². The van der Waals surface area contributed by atoms with Crippen molar-refractivity contribution in [2.45, 2.75) is 34.8 Å². The van der Waals surface area contributed by atoms with Gasteiger partial charge in [0.1, 0.15) is 10.6 Å². The van der Waals surface area contributed by atoms with Crippen molar-refractivity contribution >= 4 is 31.5 Å². The minimum atomic E-state index is -3.87. The molecule has 152 valence electrons. The molecule has 1 unspecified atom stereocenters. The van der Waals surface area contributed by atoms with E-state index in [1.165, 1.54) is 35.7 Å². The lowest BCUT2D eigenvalue weighted by atomic mass is 10.2.